The number of aliphatic hydroxyl groups is 1. The van der Waals surface area contributed by atoms with Gasteiger partial charge in [0.25, 0.3) is 0 Å². The Kier molecular flexibility index (Phi) is 3.68. The van der Waals surface area contributed by atoms with Crippen molar-refractivity contribution in [3.05, 3.63) is 23.8 Å². The first kappa shape index (κ1) is 11.5. The summed E-state index contributed by atoms with van der Waals surface area (Å²) < 4.78 is 10.00. The highest BCUT2D eigenvalue weighted by Crippen LogP contribution is 2.23. The van der Waals surface area contributed by atoms with Gasteiger partial charge in [-0.2, -0.15) is 0 Å². The van der Waals surface area contributed by atoms with Crippen LogP contribution >= 0.6 is 0 Å². The van der Waals surface area contributed by atoms with Crippen LogP contribution in [-0.4, -0.2) is 17.4 Å². The van der Waals surface area contributed by atoms with Gasteiger partial charge in [-0.15, -0.1) is 0 Å². The molecule has 0 aromatic heterocycles. The Hall–Kier alpha value is -1.55. The number of hydrogen-bond donors (Lipinski definition) is 1. The third-order valence-corrected chi connectivity index (χ3v) is 1.59. The summed E-state index contributed by atoms with van der Waals surface area (Å²) in [4.78, 5) is 10.7. The zero-order valence-electron chi connectivity index (χ0n) is 8.98. The molecule has 0 fully saturated rings. The van der Waals surface area contributed by atoms with Gasteiger partial charge in [0.2, 0.25) is 0 Å². The Bertz CT molecular complexity index is 358. The summed E-state index contributed by atoms with van der Waals surface area (Å²) >= 11 is 0. The van der Waals surface area contributed by atoms with Gasteiger partial charge in [0, 0.05) is 13.0 Å². The topological polar surface area (TPSA) is 55.8 Å². The van der Waals surface area contributed by atoms with Gasteiger partial charge >= 0.3 is 5.97 Å². The maximum Gasteiger partial charge on any atom is 0.308 e. The predicted molar refractivity (Wildman–Crippen MR) is 54.8 cm³/mol. The molecule has 1 N–H and O–H groups in total. The molecule has 1 atom stereocenters. The number of esters is 1. The fourth-order valence-electron chi connectivity index (χ4n) is 1.20. The fourth-order valence-corrected chi connectivity index (χ4v) is 1.20. The minimum absolute atomic E-state index is 0.386. The molecule has 0 aliphatic rings. The Labute approximate surface area is 88.4 Å². The Balaban J connectivity index is 2.89. The van der Waals surface area contributed by atoms with Crippen molar-refractivity contribution >= 4 is 5.97 Å². The highest BCUT2D eigenvalue weighted by molar-refractivity contribution is 5.69. The first-order valence-corrected chi connectivity index (χ1v) is 4.62. The van der Waals surface area contributed by atoms with E-state index >= 15 is 0 Å². The van der Waals surface area contributed by atoms with Crippen molar-refractivity contribution in [1.82, 2.24) is 0 Å². The molecule has 82 valence electrons. The van der Waals surface area contributed by atoms with Gasteiger partial charge in [0.1, 0.15) is 11.5 Å². The molecular weight excluding hydrogens is 196 g/mol. The average Bonchev–Trinajstić information content (AvgIpc) is 1.98. The van der Waals surface area contributed by atoms with Crippen LogP contribution in [0, 0.1) is 6.92 Å². The second-order valence-electron chi connectivity index (χ2n) is 3.29. The maximum absolute atomic E-state index is 10.7. The van der Waals surface area contributed by atoms with E-state index in [0.717, 1.165) is 5.56 Å². The van der Waals surface area contributed by atoms with Crippen LogP contribution in [-0.2, 0) is 4.79 Å². The van der Waals surface area contributed by atoms with E-state index in [9.17, 15) is 4.79 Å². The van der Waals surface area contributed by atoms with Crippen LogP contribution < -0.4 is 9.47 Å². The van der Waals surface area contributed by atoms with E-state index in [1.54, 1.807) is 18.2 Å². The number of carbonyl (C=O) groups is 1. The van der Waals surface area contributed by atoms with Crippen molar-refractivity contribution in [3.63, 3.8) is 0 Å². The van der Waals surface area contributed by atoms with Crippen molar-refractivity contribution in [1.29, 1.82) is 0 Å². The highest BCUT2D eigenvalue weighted by Gasteiger charge is 2.04. The van der Waals surface area contributed by atoms with Crippen LogP contribution in [0.1, 0.15) is 19.4 Å². The molecule has 0 saturated heterocycles. The summed E-state index contributed by atoms with van der Waals surface area (Å²) in [5, 5.41) is 9.04. The van der Waals surface area contributed by atoms with Gasteiger partial charge in [0.15, 0.2) is 6.29 Å². The second kappa shape index (κ2) is 4.79. The van der Waals surface area contributed by atoms with Crippen molar-refractivity contribution in [2.24, 2.45) is 0 Å². The van der Waals surface area contributed by atoms with Crippen molar-refractivity contribution in [2.45, 2.75) is 27.1 Å². The van der Waals surface area contributed by atoms with E-state index in [2.05, 4.69) is 0 Å². The lowest BCUT2D eigenvalue weighted by Crippen LogP contribution is -2.10. The van der Waals surface area contributed by atoms with Gasteiger partial charge in [-0.1, -0.05) is 0 Å². The van der Waals surface area contributed by atoms with Crippen molar-refractivity contribution < 1.29 is 19.4 Å². The molecule has 0 spiro atoms. The lowest BCUT2D eigenvalue weighted by Gasteiger charge is -2.10. The number of carbonyl (C=O) groups excluding carboxylic acids is 1. The molecule has 0 unspecified atom stereocenters. The van der Waals surface area contributed by atoms with Crippen LogP contribution in [0.3, 0.4) is 0 Å². The van der Waals surface area contributed by atoms with Gasteiger partial charge in [-0.3, -0.25) is 4.79 Å². The molecule has 1 aromatic rings. The predicted octanol–water partition coefficient (Wildman–Crippen LogP) is 1.64. The number of aryl methyl sites for hydroxylation is 1. The van der Waals surface area contributed by atoms with E-state index in [-0.39, 0.29) is 5.97 Å². The molecule has 0 aliphatic heterocycles. The fraction of sp³-hybridized carbons (Fsp3) is 0.364. The molecule has 0 aliphatic carbocycles. The number of aliphatic hydroxyl groups excluding tert-OH is 1. The highest BCUT2D eigenvalue weighted by atomic mass is 16.6. The molecule has 0 radical (unpaired) electrons. The minimum atomic E-state index is -0.892. The van der Waals surface area contributed by atoms with E-state index < -0.39 is 6.29 Å². The Morgan fingerprint density at radius 3 is 2.47 bits per heavy atom. The first-order chi connectivity index (χ1) is 6.97. The lowest BCUT2D eigenvalue weighted by molar-refractivity contribution is -0.131. The summed E-state index contributed by atoms with van der Waals surface area (Å²) in [6, 6.07) is 5.02. The molecule has 1 rings (SSSR count). The van der Waals surface area contributed by atoms with E-state index in [4.69, 9.17) is 14.6 Å². The molecule has 0 bridgehead atoms. The third-order valence-electron chi connectivity index (χ3n) is 1.59. The average molecular weight is 210 g/mol. The molecule has 4 nitrogen and oxygen atoms in total. The number of ether oxygens (including phenoxy) is 2. The normalized spacial score (nSPS) is 12.0. The van der Waals surface area contributed by atoms with Gasteiger partial charge in [-0.25, -0.2) is 0 Å². The smallest absolute Gasteiger partial charge is 0.308 e. The number of hydrogen-bond acceptors (Lipinski definition) is 4. The van der Waals surface area contributed by atoms with Crippen LogP contribution in [0.2, 0.25) is 0 Å². The van der Waals surface area contributed by atoms with Gasteiger partial charge in [0.05, 0.1) is 0 Å². The summed E-state index contributed by atoms with van der Waals surface area (Å²) in [7, 11) is 0. The molecule has 4 heteroatoms. The SMILES string of the molecule is CC(=O)Oc1cc(C)cc(O[C@@H](C)O)c1. The van der Waals surface area contributed by atoms with Crippen LogP contribution in [0.4, 0.5) is 0 Å². The van der Waals surface area contributed by atoms with Crippen LogP contribution in [0.15, 0.2) is 18.2 Å². The number of benzene rings is 1. The second-order valence-corrected chi connectivity index (χ2v) is 3.29. The largest absolute Gasteiger partial charge is 0.465 e. The van der Waals surface area contributed by atoms with Crippen LogP contribution in [0.25, 0.3) is 0 Å². The Morgan fingerprint density at radius 2 is 1.93 bits per heavy atom. The molecule has 1 aromatic carbocycles. The van der Waals surface area contributed by atoms with E-state index in [0.29, 0.717) is 11.5 Å². The van der Waals surface area contributed by atoms with Crippen molar-refractivity contribution in [2.75, 3.05) is 0 Å². The summed E-state index contributed by atoms with van der Waals surface area (Å²) in [5.74, 6) is 0.503. The summed E-state index contributed by atoms with van der Waals surface area (Å²) in [5.41, 5.74) is 0.893. The monoisotopic (exact) mass is 210 g/mol. The van der Waals surface area contributed by atoms with Gasteiger partial charge < -0.3 is 14.6 Å². The summed E-state index contributed by atoms with van der Waals surface area (Å²) in [6.45, 7) is 4.69. The first-order valence-electron chi connectivity index (χ1n) is 4.62. The lowest BCUT2D eigenvalue weighted by atomic mass is 10.2. The van der Waals surface area contributed by atoms with Gasteiger partial charge in [-0.05, 0) is 31.5 Å². The quantitative estimate of drug-likeness (QED) is 0.468. The van der Waals surface area contributed by atoms with Crippen molar-refractivity contribution in [3.8, 4) is 11.5 Å². The molecule has 0 heterocycles. The minimum Gasteiger partial charge on any atom is -0.465 e. The maximum atomic E-state index is 10.7. The van der Waals surface area contributed by atoms with E-state index in [1.165, 1.54) is 13.8 Å². The standard InChI is InChI=1S/C11H14O4/c1-7-4-10(14-8(2)12)6-11(5-7)15-9(3)13/h4-6,8,12H,1-3H3/t8-/m0/s1. The Morgan fingerprint density at radius 1 is 1.33 bits per heavy atom. The number of rotatable bonds is 3. The zero-order valence-corrected chi connectivity index (χ0v) is 8.98. The molecular formula is C11H14O4. The third kappa shape index (κ3) is 3.99. The molecule has 0 saturated carbocycles. The van der Waals surface area contributed by atoms with E-state index in [1.807, 2.05) is 6.92 Å². The summed E-state index contributed by atoms with van der Waals surface area (Å²) in [6.07, 6.45) is -0.892. The zero-order chi connectivity index (χ0) is 11.4. The van der Waals surface area contributed by atoms with Crippen LogP contribution in [0.5, 0.6) is 11.5 Å². The molecule has 15 heavy (non-hydrogen) atoms. The molecule has 0 amide bonds.